The summed E-state index contributed by atoms with van der Waals surface area (Å²) in [5, 5.41) is 11.4. The number of ketones is 1. The van der Waals surface area contributed by atoms with E-state index >= 15 is 0 Å². The highest BCUT2D eigenvalue weighted by atomic mass is 35.5. The minimum atomic E-state index is -0.214. The standard InChI is InChI=1S/C22H21Cl2NO3/c1-13-3-2-8-25(11-13)12-17-19(26)7-6-16-21(27)20(28-22(16)17)9-14-4-5-15(23)10-18(14)24/h4-7,9-10,13,26H,2-3,8,11-12H2,1H3/b20-9-/t13-/m1/s1. The Balaban J connectivity index is 1.65. The molecule has 6 heteroatoms. The van der Waals surface area contributed by atoms with Crippen LogP contribution in [-0.2, 0) is 6.54 Å². The maximum atomic E-state index is 12.8. The topological polar surface area (TPSA) is 49.8 Å². The second-order valence-corrected chi connectivity index (χ2v) is 8.37. The number of ether oxygens (including phenoxy) is 1. The van der Waals surface area contributed by atoms with Crippen molar-refractivity contribution in [1.29, 1.82) is 0 Å². The predicted octanol–water partition coefficient (Wildman–Crippen LogP) is 5.55. The normalized spacial score (nSPS) is 21.0. The number of hydrogen-bond donors (Lipinski definition) is 1. The lowest BCUT2D eigenvalue weighted by atomic mass is 9.99. The first-order chi connectivity index (χ1) is 13.4. The second kappa shape index (κ2) is 7.78. The van der Waals surface area contributed by atoms with Gasteiger partial charge in [-0.2, -0.15) is 0 Å². The number of likely N-dealkylation sites (tertiary alicyclic amines) is 1. The molecular weight excluding hydrogens is 397 g/mol. The first kappa shape index (κ1) is 19.3. The number of Topliss-reactive ketones (excluding diaryl/α,β-unsaturated/α-hetero) is 1. The van der Waals surface area contributed by atoms with Gasteiger partial charge in [0.25, 0.3) is 0 Å². The molecule has 2 aromatic rings. The number of carbonyl (C=O) groups excluding carboxylic acids is 1. The van der Waals surface area contributed by atoms with E-state index in [-0.39, 0.29) is 17.3 Å². The molecule has 4 rings (SSSR count). The maximum absolute atomic E-state index is 12.8. The molecule has 2 aliphatic heterocycles. The lowest BCUT2D eigenvalue weighted by molar-refractivity contribution is 0.101. The number of piperidine rings is 1. The quantitative estimate of drug-likeness (QED) is 0.665. The lowest BCUT2D eigenvalue weighted by Crippen LogP contribution is -2.33. The number of halogens is 2. The molecule has 1 atom stereocenters. The van der Waals surface area contributed by atoms with Crippen molar-refractivity contribution in [3.8, 4) is 11.5 Å². The van der Waals surface area contributed by atoms with Gasteiger partial charge >= 0.3 is 0 Å². The third-order valence-corrected chi connectivity index (χ3v) is 5.85. The van der Waals surface area contributed by atoms with Crippen LogP contribution in [0.2, 0.25) is 10.0 Å². The largest absolute Gasteiger partial charge is 0.507 e. The Kier molecular flexibility index (Phi) is 5.37. The minimum Gasteiger partial charge on any atom is -0.507 e. The van der Waals surface area contributed by atoms with Gasteiger partial charge in [-0.3, -0.25) is 9.69 Å². The molecule has 28 heavy (non-hydrogen) atoms. The van der Waals surface area contributed by atoms with Crippen LogP contribution < -0.4 is 4.74 Å². The van der Waals surface area contributed by atoms with Gasteiger partial charge in [-0.1, -0.05) is 36.2 Å². The summed E-state index contributed by atoms with van der Waals surface area (Å²) in [6.07, 6.45) is 3.97. The Hall–Kier alpha value is -2.01. The van der Waals surface area contributed by atoms with E-state index in [1.54, 1.807) is 36.4 Å². The van der Waals surface area contributed by atoms with Gasteiger partial charge in [0.15, 0.2) is 5.76 Å². The van der Waals surface area contributed by atoms with Crippen molar-refractivity contribution in [3.05, 3.63) is 62.8 Å². The number of fused-ring (bicyclic) bond motifs is 1. The molecule has 0 amide bonds. The minimum absolute atomic E-state index is 0.149. The predicted molar refractivity (Wildman–Crippen MR) is 111 cm³/mol. The van der Waals surface area contributed by atoms with E-state index < -0.39 is 0 Å². The number of phenols is 1. The van der Waals surface area contributed by atoms with Crippen molar-refractivity contribution < 1.29 is 14.6 Å². The number of nitrogens with zero attached hydrogens (tertiary/aromatic N) is 1. The van der Waals surface area contributed by atoms with Crippen LogP contribution in [0.5, 0.6) is 11.5 Å². The van der Waals surface area contributed by atoms with E-state index in [2.05, 4.69) is 11.8 Å². The summed E-state index contributed by atoms with van der Waals surface area (Å²) in [6, 6.07) is 8.25. The third kappa shape index (κ3) is 3.77. The zero-order valence-corrected chi connectivity index (χ0v) is 17.1. The van der Waals surface area contributed by atoms with Crippen molar-refractivity contribution in [3.63, 3.8) is 0 Å². The van der Waals surface area contributed by atoms with Gasteiger partial charge in [-0.25, -0.2) is 0 Å². The van der Waals surface area contributed by atoms with Gasteiger partial charge in [-0.05, 0) is 61.2 Å². The Morgan fingerprint density at radius 2 is 2.11 bits per heavy atom. The molecule has 146 valence electrons. The summed E-state index contributed by atoms with van der Waals surface area (Å²) in [5.74, 6) is 1.19. The second-order valence-electron chi connectivity index (χ2n) is 7.53. The van der Waals surface area contributed by atoms with Crippen molar-refractivity contribution in [2.24, 2.45) is 5.92 Å². The SMILES string of the molecule is C[C@@H]1CCCN(Cc2c(O)ccc3c2O/C(=C\c2ccc(Cl)cc2Cl)C3=O)C1. The van der Waals surface area contributed by atoms with Gasteiger partial charge in [-0.15, -0.1) is 0 Å². The molecule has 1 N–H and O–H groups in total. The zero-order valence-electron chi connectivity index (χ0n) is 15.5. The summed E-state index contributed by atoms with van der Waals surface area (Å²) in [7, 11) is 0. The molecule has 0 saturated carbocycles. The van der Waals surface area contributed by atoms with E-state index in [9.17, 15) is 9.90 Å². The van der Waals surface area contributed by atoms with Crippen LogP contribution in [0.3, 0.4) is 0 Å². The number of carbonyl (C=O) groups is 1. The van der Waals surface area contributed by atoms with Crippen molar-refractivity contribution in [2.75, 3.05) is 13.1 Å². The molecule has 4 nitrogen and oxygen atoms in total. The number of aromatic hydroxyl groups is 1. The van der Waals surface area contributed by atoms with E-state index in [0.717, 1.165) is 19.5 Å². The van der Waals surface area contributed by atoms with Crippen molar-refractivity contribution in [1.82, 2.24) is 4.90 Å². The van der Waals surface area contributed by atoms with E-state index in [0.29, 0.717) is 44.9 Å². The Morgan fingerprint density at radius 3 is 2.86 bits per heavy atom. The summed E-state index contributed by atoms with van der Waals surface area (Å²) >= 11 is 12.2. The average Bonchev–Trinajstić information content (AvgIpc) is 2.96. The first-order valence-corrected chi connectivity index (χ1v) is 10.1. The van der Waals surface area contributed by atoms with E-state index in [1.807, 2.05) is 0 Å². The molecule has 0 unspecified atom stereocenters. The highest BCUT2D eigenvalue weighted by Gasteiger charge is 2.32. The van der Waals surface area contributed by atoms with E-state index in [1.165, 1.54) is 6.42 Å². The van der Waals surface area contributed by atoms with Crippen LogP contribution >= 0.6 is 23.2 Å². The van der Waals surface area contributed by atoms with Gasteiger partial charge in [0.05, 0.1) is 11.1 Å². The number of rotatable bonds is 3. The zero-order chi connectivity index (χ0) is 19.8. The van der Waals surface area contributed by atoms with Gasteiger partial charge < -0.3 is 9.84 Å². The molecule has 0 radical (unpaired) electrons. The van der Waals surface area contributed by atoms with Gasteiger partial charge in [0.1, 0.15) is 11.5 Å². The van der Waals surface area contributed by atoms with Crippen LogP contribution in [0.15, 0.2) is 36.1 Å². The molecule has 0 aliphatic carbocycles. The summed E-state index contributed by atoms with van der Waals surface area (Å²) < 4.78 is 5.92. The third-order valence-electron chi connectivity index (χ3n) is 5.29. The number of benzene rings is 2. The number of allylic oxidation sites excluding steroid dienone is 1. The van der Waals surface area contributed by atoms with Gasteiger partial charge in [0.2, 0.25) is 5.78 Å². The molecule has 0 spiro atoms. The highest BCUT2D eigenvalue weighted by Crippen LogP contribution is 2.41. The van der Waals surface area contributed by atoms with Crippen LogP contribution in [0.25, 0.3) is 6.08 Å². The van der Waals surface area contributed by atoms with Crippen LogP contribution in [0.4, 0.5) is 0 Å². The van der Waals surface area contributed by atoms with Gasteiger partial charge in [0, 0.05) is 23.1 Å². The number of hydrogen-bond acceptors (Lipinski definition) is 4. The fourth-order valence-corrected chi connectivity index (χ4v) is 4.33. The highest BCUT2D eigenvalue weighted by molar-refractivity contribution is 6.35. The summed E-state index contributed by atoms with van der Waals surface area (Å²) in [4.78, 5) is 15.1. The molecule has 0 aromatic heterocycles. The molecule has 2 aromatic carbocycles. The average molecular weight is 418 g/mol. The summed E-state index contributed by atoms with van der Waals surface area (Å²) in [6.45, 7) is 4.74. The monoisotopic (exact) mass is 417 g/mol. The summed E-state index contributed by atoms with van der Waals surface area (Å²) in [5.41, 5.74) is 1.78. The molecule has 2 aliphatic rings. The van der Waals surface area contributed by atoms with E-state index in [4.69, 9.17) is 27.9 Å². The smallest absolute Gasteiger partial charge is 0.231 e. The maximum Gasteiger partial charge on any atom is 0.231 e. The van der Waals surface area contributed by atoms with Crippen LogP contribution in [0, 0.1) is 5.92 Å². The number of phenolic OH excluding ortho intramolecular Hbond substituents is 1. The fraction of sp³-hybridized carbons (Fsp3) is 0.318. The first-order valence-electron chi connectivity index (χ1n) is 9.39. The fourth-order valence-electron chi connectivity index (χ4n) is 3.86. The molecule has 0 bridgehead atoms. The molecule has 1 fully saturated rings. The van der Waals surface area contributed by atoms with Crippen molar-refractivity contribution >= 4 is 35.1 Å². The lowest BCUT2D eigenvalue weighted by Gasteiger charge is -2.31. The Morgan fingerprint density at radius 1 is 1.29 bits per heavy atom. The Labute approximate surface area is 174 Å². The molecule has 2 heterocycles. The molecule has 1 saturated heterocycles. The molecular formula is C22H21Cl2NO3. The Bertz CT molecular complexity index is 970. The van der Waals surface area contributed by atoms with Crippen LogP contribution in [0.1, 0.15) is 41.3 Å². The van der Waals surface area contributed by atoms with Crippen LogP contribution in [-0.4, -0.2) is 28.9 Å². The van der Waals surface area contributed by atoms with Crippen molar-refractivity contribution in [2.45, 2.75) is 26.3 Å².